The first kappa shape index (κ1) is 13.9. The van der Waals surface area contributed by atoms with Gasteiger partial charge >= 0.3 is 0 Å². The van der Waals surface area contributed by atoms with Gasteiger partial charge in [-0.15, -0.1) is 0 Å². The fraction of sp³-hybridized carbons (Fsp3) is 0.600. The lowest BCUT2D eigenvalue weighted by Gasteiger charge is -2.24. The highest BCUT2D eigenvalue weighted by Gasteiger charge is 2.26. The van der Waals surface area contributed by atoms with Crippen molar-refractivity contribution >= 4 is 11.6 Å². The molecular weight excluding hydrogens is 244 g/mol. The minimum atomic E-state index is 0.446. The van der Waals surface area contributed by atoms with Gasteiger partial charge in [0.1, 0.15) is 0 Å². The summed E-state index contributed by atoms with van der Waals surface area (Å²) in [5, 5.41) is 4.59. The number of benzene rings is 1. The number of nitrogens with two attached hydrogens (primary N) is 1. The van der Waals surface area contributed by atoms with Gasteiger partial charge in [0.25, 0.3) is 0 Å². The van der Waals surface area contributed by atoms with Crippen molar-refractivity contribution in [1.29, 1.82) is 0 Å². The molecule has 3 N–H and O–H groups in total. The highest BCUT2D eigenvalue weighted by molar-refractivity contribution is 6.31. The summed E-state index contributed by atoms with van der Waals surface area (Å²) in [6, 6.07) is 9.13. The molecule has 0 saturated heterocycles. The van der Waals surface area contributed by atoms with Crippen LogP contribution < -0.4 is 11.1 Å². The lowest BCUT2D eigenvalue weighted by atomic mass is 10.0. The van der Waals surface area contributed by atoms with Gasteiger partial charge in [0.2, 0.25) is 0 Å². The quantitative estimate of drug-likeness (QED) is 0.860. The molecule has 0 radical (unpaired) electrons. The molecule has 1 aliphatic rings. The van der Waals surface area contributed by atoms with E-state index in [1.807, 2.05) is 18.2 Å². The van der Waals surface area contributed by atoms with Crippen LogP contribution in [0.15, 0.2) is 24.3 Å². The molecule has 0 aromatic heterocycles. The second kappa shape index (κ2) is 6.55. The van der Waals surface area contributed by atoms with E-state index in [9.17, 15) is 0 Å². The van der Waals surface area contributed by atoms with E-state index in [4.69, 9.17) is 17.3 Å². The average Bonchev–Trinajstić information content (AvgIpc) is 2.79. The van der Waals surface area contributed by atoms with Gasteiger partial charge in [0.15, 0.2) is 0 Å². The summed E-state index contributed by atoms with van der Waals surface area (Å²) in [5.41, 5.74) is 7.04. The monoisotopic (exact) mass is 266 g/mol. The Labute approximate surface area is 115 Å². The summed E-state index contributed by atoms with van der Waals surface area (Å²) >= 11 is 6.19. The molecule has 0 heterocycles. The zero-order chi connectivity index (χ0) is 13.0. The van der Waals surface area contributed by atoms with Crippen molar-refractivity contribution in [2.45, 2.75) is 44.7 Å². The summed E-state index contributed by atoms with van der Waals surface area (Å²) in [4.78, 5) is 0. The van der Waals surface area contributed by atoms with Gasteiger partial charge in [0.05, 0.1) is 0 Å². The van der Waals surface area contributed by atoms with Gasteiger partial charge in [-0.1, -0.05) is 36.2 Å². The Kier molecular flexibility index (Phi) is 5.04. The largest absolute Gasteiger partial charge is 0.330 e. The minimum absolute atomic E-state index is 0.446. The number of halogens is 1. The van der Waals surface area contributed by atoms with E-state index >= 15 is 0 Å². The molecule has 1 aliphatic carbocycles. The van der Waals surface area contributed by atoms with E-state index in [1.165, 1.54) is 24.8 Å². The van der Waals surface area contributed by atoms with Crippen LogP contribution in [0.5, 0.6) is 0 Å². The molecule has 0 bridgehead atoms. The summed E-state index contributed by atoms with van der Waals surface area (Å²) in [7, 11) is 0. The van der Waals surface area contributed by atoms with Gasteiger partial charge in [-0.3, -0.25) is 0 Å². The third kappa shape index (κ3) is 3.47. The third-order valence-electron chi connectivity index (χ3n) is 3.94. The fourth-order valence-corrected chi connectivity index (χ4v) is 3.17. The summed E-state index contributed by atoms with van der Waals surface area (Å²) in [5.74, 6) is 0.652. The van der Waals surface area contributed by atoms with Gasteiger partial charge in [-0.25, -0.2) is 0 Å². The molecule has 100 valence electrons. The molecule has 0 aliphatic heterocycles. The molecule has 1 fully saturated rings. The van der Waals surface area contributed by atoms with E-state index in [-0.39, 0.29) is 0 Å². The van der Waals surface area contributed by atoms with Crippen molar-refractivity contribution in [3.63, 3.8) is 0 Å². The topological polar surface area (TPSA) is 38.0 Å². The molecule has 2 nitrogen and oxygen atoms in total. The molecule has 18 heavy (non-hydrogen) atoms. The second-order valence-corrected chi connectivity index (χ2v) is 5.80. The Morgan fingerprint density at radius 1 is 1.39 bits per heavy atom. The van der Waals surface area contributed by atoms with Crippen LogP contribution in [0.25, 0.3) is 0 Å². The summed E-state index contributed by atoms with van der Waals surface area (Å²) in [6.07, 6.45) is 4.81. The molecule has 1 aromatic rings. The Hall–Kier alpha value is -0.570. The lowest BCUT2D eigenvalue weighted by Crippen LogP contribution is -2.42. The van der Waals surface area contributed by atoms with E-state index in [2.05, 4.69) is 18.3 Å². The first-order valence-corrected chi connectivity index (χ1v) is 7.28. The molecule has 0 spiro atoms. The smallest absolute Gasteiger partial charge is 0.0438 e. The highest BCUT2D eigenvalue weighted by atomic mass is 35.5. The Balaban J connectivity index is 1.89. The highest BCUT2D eigenvalue weighted by Crippen LogP contribution is 2.25. The minimum Gasteiger partial charge on any atom is -0.330 e. The number of rotatable bonds is 5. The van der Waals surface area contributed by atoms with E-state index in [0.717, 1.165) is 18.0 Å². The Morgan fingerprint density at radius 2 is 2.17 bits per heavy atom. The van der Waals surface area contributed by atoms with Crippen LogP contribution in [0.1, 0.15) is 31.7 Å². The first-order valence-electron chi connectivity index (χ1n) is 6.90. The first-order chi connectivity index (χ1) is 8.70. The molecule has 2 rings (SSSR count). The van der Waals surface area contributed by atoms with Crippen LogP contribution in [-0.2, 0) is 6.42 Å². The molecule has 1 saturated carbocycles. The summed E-state index contributed by atoms with van der Waals surface area (Å²) < 4.78 is 0. The van der Waals surface area contributed by atoms with Crippen molar-refractivity contribution in [3.8, 4) is 0 Å². The third-order valence-corrected chi connectivity index (χ3v) is 4.31. The predicted molar refractivity (Wildman–Crippen MR) is 77.9 cm³/mol. The molecule has 3 heteroatoms. The maximum Gasteiger partial charge on any atom is 0.0438 e. The van der Waals surface area contributed by atoms with Crippen LogP contribution in [0.3, 0.4) is 0 Å². The molecule has 1 aromatic carbocycles. The second-order valence-electron chi connectivity index (χ2n) is 5.40. The van der Waals surface area contributed by atoms with Crippen LogP contribution in [0.2, 0.25) is 5.02 Å². The van der Waals surface area contributed by atoms with E-state index < -0.39 is 0 Å². The normalized spacial score (nSPS) is 25.3. The maximum absolute atomic E-state index is 6.19. The van der Waals surface area contributed by atoms with Gasteiger partial charge in [-0.2, -0.15) is 0 Å². The SMILES string of the molecule is CC(Cc1ccccc1Cl)NC1CCCC1CN. The Bertz CT molecular complexity index is 381. The van der Waals surface area contributed by atoms with Crippen molar-refractivity contribution in [3.05, 3.63) is 34.9 Å². The van der Waals surface area contributed by atoms with Crippen molar-refractivity contribution in [2.24, 2.45) is 11.7 Å². The van der Waals surface area contributed by atoms with Crippen molar-refractivity contribution < 1.29 is 0 Å². The standard InChI is InChI=1S/C15H23ClN2/c1-11(9-12-5-2-3-7-14(12)16)18-15-8-4-6-13(15)10-17/h2-3,5,7,11,13,15,18H,4,6,8-10,17H2,1H3. The van der Waals surface area contributed by atoms with E-state index in [1.54, 1.807) is 0 Å². The number of hydrogen-bond donors (Lipinski definition) is 2. The molecule has 3 atom stereocenters. The Morgan fingerprint density at radius 3 is 2.89 bits per heavy atom. The summed E-state index contributed by atoms with van der Waals surface area (Å²) in [6.45, 7) is 3.03. The van der Waals surface area contributed by atoms with Gasteiger partial charge in [-0.05, 0) is 50.3 Å². The fourth-order valence-electron chi connectivity index (χ4n) is 2.96. The molecular formula is C15H23ClN2. The van der Waals surface area contributed by atoms with Crippen LogP contribution in [0, 0.1) is 5.92 Å². The zero-order valence-electron chi connectivity index (χ0n) is 11.0. The van der Waals surface area contributed by atoms with Crippen molar-refractivity contribution in [2.75, 3.05) is 6.54 Å². The number of hydrogen-bond acceptors (Lipinski definition) is 2. The van der Waals surface area contributed by atoms with Crippen LogP contribution in [0.4, 0.5) is 0 Å². The number of nitrogens with one attached hydrogen (secondary N) is 1. The molecule has 0 amide bonds. The lowest BCUT2D eigenvalue weighted by molar-refractivity contribution is 0.368. The maximum atomic E-state index is 6.19. The van der Waals surface area contributed by atoms with Gasteiger partial charge in [0, 0.05) is 17.1 Å². The van der Waals surface area contributed by atoms with Crippen LogP contribution >= 0.6 is 11.6 Å². The van der Waals surface area contributed by atoms with Crippen molar-refractivity contribution in [1.82, 2.24) is 5.32 Å². The van der Waals surface area contributed by atoms with Gasteiger partial charge < -0.3 is 11.1 Å². The van der Waals surface area contributed by atoms with Crippen LogP contribution in [-0.4, -0.2) is 18.6 Å². The van der Waals surface area contributed by atoms with E-state index in [0.29, 0.717) is 18.0 Å². The predicted octanol–water partition coefficient (Wildman–Crippen LogP) is 2.99. The molecule has 3 unspecified atom stereocenters. The zero-order valence-corrected chi connectivity index (χ0v) is 11.8. The average molecular weight is 267 g/mol.